The molecule has 5 heteroatoms. The highest BCUT2D eigenvalue weighted by Crippen LogP contribution is 2.28. The van der Waals surface area contributed by atoms with Crippen molar-refractivity contribution in [3.63, 3.8) is 0 Å². The van der Waals surface area contributed by atoms with Crippen LogP contribution in [-0.4, -0.2) is 45.7 Å². The van der Waals surface area contributed by atoms with E-state index in [9.17, 15) is 4.79 Å². The lowest BCUT2D eigenvalue weighted by molar-refractivity contribution is 0.0784. The Morgan fingerprint density at radius 2 is 1.68 bits per heavy atom. The third-order valence-corrected chi connectivity index (χ3v) is 3.93. The molecule has 5 nitrogen and oxygen atoms in total. The van der Waals surface area contributed by atoms with Crippen LogP contribution in [0.4, 0.5) is 5.69 Å². The fraction of sp³-hybridized carbons (Fsp3) is 0.350. The number of hydrogen-bond donors (Lipinski definition) is 0. The predicted molar refractivity (Wildman–Crippen MR) is 101 cm³/mol. The summed E-state index contributed by atoms with van der Waals surface area (Å²) in [6.07, 6.45) is 0. The monoisotopic (exact) mass is 342 g/mol. The molecule has 0 saturated carbocycles. The Labute approximate surface area is 149 Å². The summed E-state index contributed by atoms with van der Waals surface area (Å²) in [5.41, 5.74) is 2.80. The van der Waals surface area contributed by atoms with Crippen LogP contribution in [0, 0.1) is 0 Å². The molecule has 2 aromatic carbocycles. The number of carbonyl (C=O) groups is 1. The topological polar surface area (TPSA) is 42.0 Å². The second-order valence-corrected chi connectivity index (χ2v) is 6.02. The van der Waals surface area contributed by atoms with Gasteiger partial charge in [0.1, 0.15) is 0 Å². The van der Waals surface area contributed by atoms with E-state index in [-0.39, 0.29) is 5.91 Å². The molecule has 2 aromatic rings. The third kappa shape index (κ3) is 4.66. The zero-order valence-electron chi connectivity index (χ0n) is 15.6. The number of ether oxygens (including phenoxy) is 2. The number of carbonyl (C=O) groups excluding carboxylic acids is 1. The van der Waals surface area contributed by atoms with E-state index in [0.29, 0.717) is 30.2 Å². The molecule has 0 radical (unpaired) electrons. The van der Waals surface area contributed by atoms with Crippen molar-refractivity contribution in [3.05, 3.63) is 53.6 Å². The molecule has 0 bridgehead atoms. The van der Waals surface area contributed by atoms with Crippen LogP contribution in [0.25, 0.3) is 0 Å². The van der Waals surface area contributed by atoms with Crippen LogP contribution in [0.1, 0.15) is 22.8 Å². The summed E-state index contributed by atoms with van der Waals surface area (Å²) in [5, 5.41) is 0. The molecule has 0 aliphatic rings. The van der Waals surface area contributed by atoms with Gasteiger partial charge in [-0.25, -0.2) is 0 Å². The highest BCUT2D eigenvalue weighted by Gasteiger charge is 2.15. The lowest BCUT2D eigenvalue weighted by Gasteiger charge is -2.19. The highest BCUT2D eigenvalue weighted by atomic mass is 16.5. The molecule has 1 amide bonds. The average Bonchev–Trinajstić information content (AvgIpc) is 2.61. The largest absolute Gasteiger partial charge is 0.493 e. The first-order valence-electron chi connectivity index (χ1n) is 8.28. The highest BCUT2D eigenvalue weighted by molar-refractivity contribution is 5.94. The Morgan fingerprint density at radius 3 is 2.24 bits per heavy atom. The van der Waals surface area contributed by atoms with Crippen molar-refractivity contribution in [2.75, 3.05) is 39.8 Å². The van der Waals surface area contributed by atoms with E-state index in [4.69, 9.17) is 9.47 Å². The maximum Gasteiger partial charge on any atom is 0.254 e. The van der Waals surface area contributed by atoms with Gasteiger partial charge in [0.05, 0.1) is 13.7 Å². The van der Waals surface area contributed by atoms with Gasteiger partial charge in [-0.2, -0.15) is 0 Å². The molecule has 0 aromatic heterocycles. The van der Waals surface area contributed by atoms with Crippen molar-refractivity contribution in [1.82, 2.24) is 4.90 Å². The molecule has 0 atom stereocenters. The third-order valence-electron chi connectivity index (χ3n) is 3.93. The van der Waals surface area contributed by atoms with Crippen LogP contribution < -0.4 is 14.4 Å². The van der Waals surface area contributed by atoms with Gasteiger partial charge in [0.2, 0.25) is 0 Å². The Kier molecular flexibility index (Phi) is 6.28. The van der Waals surface area contributed by atoms with E-state index in [1.807, 2.05) is 50.2 Å². The molecule has 0 N–H and O–H groups in total. The Hall–Kier alpha value is -2.69. The zero-order chi connectivity index (χ0) is 18.4. The van der Waals surface area contributed by atoms with Gasteiger partial charge in [0.25, 0.3) is 5.91 Å². The van der Waals surface area contributed by atoms with Crippen molar-refractivity contribution in [2.45, 2.75) is 13.5 Å². The summed E-state index contributed by atoms with van der Waals surface area (Å²) in [4.78, 5) is 16.4. The fourth-order valence-corrected chi connectivity index (χ4v) is 2.54. The molecule has 0 fully saturated rings. The van der Waals surface area contributed by atoms with Crippen LogP contribution in [0.5, 0.6) is 11.5 Å². The van der Waals surface area contributed by atoms with Crippen LogP contribution in [0.15, 0.2) is 42.5 Å². The van der Waals surface area contributed by atoms with Crippen molar-refractivity contribution >= 4 is 11.6 Å². The first-order valence-corrected chi connectivity index (χ1v) is 8.28. The average molecular weight is 342 g/mol. The predicted octanol–water partition coefficient (Wildman–Crippen LogP) is 3.43. The molecule has 0 spiro atoms. The molecule has 0 heterocycles. The summed E-state index contributed by atoms with van der Waals surface area (Å²) in [6, 6.07) is 13.4. The number of nitrogens with zero attached hydrogens (tertiary/aromatic N) is 2. The normalized spacial score (nSPS) is 10.3. The molecular weight excluding hydrogens is 316 g/mol. The second-order valence-electron chi connectivity index (χ2n) is 6.02. The minimum Gasteiger partial charge on any atom is -0.493 e. The maximum absolute atomic E-state index is 12.7. The Morgan fingerprint density at radius 1 is 1.00 bits per heavy atom. The van der Waals surface area contributed by atoms with E-state index in [1.54, 1.807) is 37.3 Å². The number of anilines is 1. The van der Waals surface area contributed by atoms with Crippen molar-refractivity contribution in [1.29, 1.82) is 0 Å². The Balaban J connectivity index is 2.12. The van der Waals surface area contributed by atoms with Gasteiger partial charge in [-0.05, 0) is 42.8 Å². The molecular formula is C20H26N2O3. The summed E-state index contributed by atoms with van der Waals surface area (Å²) >= 11 is 0. The van der Waals surface area contributed by atoms with Crippen molar-refractivity contribution < 1.29 is 14.3 Å². The molecule has 134 valence electrons. The molecule has 25 heavy (non-hydrogen) atoms. The fourth-order valence-electron chi connectivity index (χ4n) is 2.54. The summed E-state index contributed by atoms with van der Waals surface area (Å²) < 4.78 is 10.8. The number of benzene rings is 2. The van der Waals surface area contributed by atoms with Gasteiger partial charge in [-0.1, -0.05) is 12.1 Å². The van der Waals surface area contributed by atoms with Crippen molar-refractivity contribution in [3.8, 4) is 11.5 Å². The second kappa shape index (κ2) is 8.42. The van der Waals surface area contributed by atoms with Crippen LogP contribution in [-0.2, 0) is 6.54 Å². The quantitative estimate of drug-likeness (QED) is 0.773. The first kappa shape index (κ1) is 18.6. The first-order chi connectivity index (χ1) is 12.0. The summed E-state index contributed by atoms with van der Waals surface area (Å²) in [7, 11) is 7.39. The molecule has 0 aliphatic heterocycles. The lowest BCUT2D eigenvalue weighted by atomic mass is 10.1. The molecule has 0 aliphatic carbocycles. The van der Waals surface area contributed by atoms with Gasteiger partial charge < -0.3 is 19.3 Å². The van der Waals surface area contributed by atoms with Gasteiger partial charge in [0, 0.05) is 38.9 Å². The van der Waals surface area contributed by atoms with E-state index in [1.165, 1.54) is 0 Å². The summed E-state index contributed by atoms with van der Waals surface area (Å²) in [5.74, 6) is 1.15. The van der Waals surface area contributed by atoms with Crippen LogP contribution >= 0.6 is 0 Å². The van der Waals surface area contributed by atoms with Gasteiger partial charge >= 0.3 is 0 Å². The number of hydrogen-bond acceptors (Lipinski definition) is 4. The maximum atomic E-state index is 12.7. The number of amides is 1. The van der Waals surface area contributed by atoms with Crippen LogP contribution in [0.2, 0.25) is 0 Å². The number of methoxy groups -OCH3 is 1. The molecule has 0 saturated heterocycles. The van der Waals surface area contributed by atoms with Gasteiger partial charge in [-0.15, -0.1) is 0 Å². The number of rotatable bonds is 7. The van der Waals surface area contributed by atoms with E-state index >= 15 is 0 Å². The smallest absolute Gasteiger partial charge is 0.254 e. The minimum absolute atomic E-state index is 0.0553. The lowest BCUT2D eigenvalue weighted by Crippen LogP contribution is -2.26. The summed E-state index contributed by atoms with van der Waals surface area (Å²) in [6.45, 7) is 2.96. The zero-order valence-corrected chi connectivity index (χ0v) is 15.6. The SMILES string of the molecule is CCOc1cc(C(=O)N(C)Cc2ccc(N(C)C)cc2)ccc1OC. The standard InChI is InChI=1S/C20H26N2O3/c1-6-25-19-13-16(9-12-18(19)24-5)20(23)22(4)14-15-7-10-17(11-8-15)21(2)3/h7-13H,6,14H2,1-5H3. The minimum atomic E-state index is -0.0553. The molecule has 2 rings (SSSR count). The van der Waals surface area contributed by atoms with E-state index in [0.717, 1.165) is 11.3 Å². The van der Waals surface area contributed by atoms with E-state index in [2.05, 4.69) is 0 Å². The van der Waals surface area contributed by atoms with Crippen molar-refractivity contribution in [2.24, 2.45) is 0 Å². The van der Waals surface area contributed by atoms with Gasteiger partial charge in [-0.3, -0.25) is 4.79 Å². The molecule has 0 unspecified atom stereocenters. The Bertz CT molecular complexity index is 711. The van der Waals surface area contributed by atoms with Gasteiger partial charge in [0.15, 0.2) is 11.5 Å². The van der Waals surface area contributed by atoms with E-state index < -0.39 is 0 Å². The van der Waals surface area contributed by atoms with Crippen LogP contribution in [0.3, 0.4) is 0 Å².